The topological polar surface area (TPSA) is 63.7 Å². The van der Waals surface area contributed by atoms with Gasteiger partial charge in [-0.05, 0) is 59.7 Å². The van der Waals surface area contributed by atoms with Crippen molar-refractivity contribution in [3.05, 3.63) is 102 Å². The van der Waals surface area contributed by atoms with Gasteiger partial charge in [0, 0.05) is 24.4 Å². The molecule has 3 heterocycles. The molecule has 0 radical (unpaired) electrons. The van der Waals surface area contributed by atoms with Gasteiger partial charge < -0.3 is 9.72 Å². The highest BCUT2D eigenvalue weighted by atomic mass is 19.4. The number of H-pyrrole nitrogens is 1. The van der Waals surface area contributed by atoms with Gasteiger partial charge in [-0.3, -0.25) is 4.98 Å². The molecule has 0 saturated carbocycles. The minimum absolute atomic E-state index is 0.210. The van der Waals surface area contributed by atoms with E-state index in [4.69, 9.17) is 4.74 Å². The summed E-state index contributed by atoms with van der Waals surface area (Å²) in [6, 6.07) is 21.0. The van der Waals surface area contributed by atoms with E-state index in [9.17, 15) is 13.2 Å². The Labute approximate surface area is 186 Å². The Hall–Kier alpha value is -4.20. The number of ether oxygens (including phenoxy) is 1. The second-order valence-electron chi connectivity index (χ2n) is 7.41. The summed E-state index contributed by atoms with van der Waals surface area (Å²) in [6.45, 7) is 0. The number of imidazole rings is 1. The van der Waals surface area contributed by atoms with Crippen molar-refractivity contribution in [2.75, 3.05) is 0 Å². The minimum atomic E-state index is -4.53. The summed E-state index contributed by atoms with van der Waals surface area (Å²) in [5.41, 5.74) is 2.73. The van der Waals surface area contributed by atoms with Gasteiger partial charge in [-0.1, -0.05) is 24.3 Å². The number of halogens is 3. The number of aromatic amines is 1. The first-order valence-corrected chi connectivity index (χ1v) is 10.1. The highest BCUT2D eigenvalue weighted by Crippen LogP contribution is 2.34. The molecule has 8 heteroatoms. The zero-order valence-electron chi connectivity index (χ0n) is 17.2. The van der Waals surface area contributed by atoms with E-state index in [0.717, 1.165) is 34.7 Å². The molecule has 0 atom stereocenters. The van der Waals surface area contributed by atoms with Gasteiger partial charge in [-0.15, -0.1) is 0 Å². The van der Waals surface area contributed by atoms with E-state index in [1.54, 1.807) is 24.3 Å². The number of pyridine rings is 2. The average Bonchev–Trinajstić information content (AvgIpc) is 3.23. The van der Waals surface area contributed by atoms with Gasteiger partial charge in [0.2, 0.25) is 5.88 Å². The number of rotatable bonds is 5. The molecule has 0 fully saturated rings. The lowest BCUT2D eigenvalue weighted by atomic mass is 10.1. The number of hydrogen-bond donors (Lipinski definition) is 1. The molecule has 0 aliphatic heterocycles. The highest BCUT2D eigenvalue weighted by Gasteiger charge is 2.32. The molecule has 5 nitrogen and oxygen atoms in total. The van der Waals surface area contributed by atoms with Crippen molar-refractivity contribution in [1.82, 2.24) is 19.9 Å². The SMILES string of the molecule is FC(F)(F)c1cc(-c2cccnc2Oc2ccc(Cc3nc4ccccc4[nH]3)cc2)ccn1. The maximum Gasteiger partial charge on any atom is 0.433 e. The van der Waals surface area contributed by atoms with Crippen LogP contribution in [0.2, 0.25) is 0 Å². The van der Waals surface area contributed by atoms with Crippen molar-refractivity contribution in [3.63, 3.8) is 0 Å². The van der Waals surface area contributed by atoms with Gasteiger partial charge >= 0.3 is 6.18 Å². The summed E-state index contributed by atoms with van der Waals surface area (Å²) in [4.78, 5) is 15.5. The number of fused-ring (bicyclic) bond motifs is 1. The van der Waals surface area contributed by atoms with Crippen molar-refractivity contribution < 1.29 is 17.9 Å². The van der Waals surface area contributed by atoms with Gasteiger partial charge in [0.15, 0.2) is 0 Å². The number of alkyl halides is 3. The standard InChI is InChI=1S/C25H17F3N4O/c26-25(27,28)22-15-17(11-13-29-22)19-4-3-12-30-24(19)33-18-9-7-16(8-10-18)14-23-31-20-5-1-2-6-21(20)32-23/h1-13,15H,14H2,(H,31,32). The number of nitrogens with zero attached hydrogens (tertiary/aromatic N) is 3. The third-order valence-corrected chi connectivity index (χ3v) is 5.08. The summed E-state index contributed by atoms with van der Waals surface area (Å²) >= 11 is 0. The van der Waals surface area contributed by atoms with Crippen LogP contribution in [0, 0.1) is 0 Å². The fourth-order valence-corrected chi connectivity index (χ4v) is 3.51. The van der Waals surface area contributed by atoms with Gasteiger partial charge in [0.25, 0.3) is 0 Å². The Bertz CT molecular complexity index is 1380. The van der Waals surface area contributed by atoms with Gasteiger partial charge in [0.05, 0.1) is 11.0 Å². The third kappa shape index (κ3) is 4.55. The lowest BCUT2D eigenvalue weighted by Gasteiger charge is -2.12. The second kappa shape index (κ2) is 8.38. The van der Waals surface area contributed by atoms with Crippen LogP contribution in [0.25, 0.3) is 22.2 Å². The van der Waals surface area contributed by atoms with E-state index in [1.807, 2.05) is 36.4 Å². The Morgan fingerprint density at radius 1 is 0.848 bits per heavy atom. The van der Waals surface area contributed by atoms with Crippen molar-refractivity contribution in [1.29, 1.82) is 0 Å². The zero-order valence-corrected chi connectivity index (χ0v) is 17.2. The summed E-state index contributed by atoms with van der Waals surface area (Å²) in [7, 11) is 0. The summed E-state index contributed by atoms with van der Waals surface area (Å²) < 4.78 is 45.1. The van der Waals surface area contributed by atoms with Crippen LogP contribution in [0.3, 0.4) is 0 Å². The van der Waals surface area contributed by atoms with Crippen LogP contribution in [-0.4, -0.2) is 19.9 Å². The van der Waals surface area contributed by atoms with E-state index in [0.29, 0.717) is 23.3 Å². The molecule has 0 saturated heterocycles. The second-order valence-corrected chi connectivity index (χ2v) is 7.41. The fraction of sp³-hybridized carbons (Fsp3) is 0.0800. The molecule has 0 spiro atoms. The minimum Gasteiger partial charge on any atom is -0.438 e. The number of aromatic nitrogens is 4. The molecular formula is C25H17F3N4O. The fourth-order valence-electron chi connectivity index (χ4n) is 3.51. The average molecular weight is 446 g/mol. The maximum absolute atomic E-state index is 13.1. The number of benzene rings is 2. The van der Waals surface area contributed by atoms with Crippen LogP contribution in [0.4, 0.5) is 13.2 Å². The summed E-state index contributed by atoms with van der Waals surface area (Å²) in [6.07, 6.45) is -1.25. The molecule has 164 valence electrons. The highest BCUT2D eigenvalue weighted by molar-refractivity contribution is 5.74. The predicted molar refractivity (Wildman–Crippen MR) is 118 cm³/mol. The normalized spacial score (nSPS) is 11.6. The molecule has 0 bridgehead atoms. The number of hydrogen-bond acceptors (Lipinski definition) is 4. The largest absolute Gasteiger partial charge is 0.438 e. The van der Waals surface area contributed by atoms with Crippen molar-refractivity contribution in [2.24, 2.45) is 0 Å². The molecule has 0 amide bonds. The van der Waals surface area contributed by atoms with E-state index >= 15 is 0 Å². The van der Waals surface area contributed by atoms with Gasteiger partial charge in [-0.2, -0.15) is 13.2 Å². The predicted octanol–water partition coefficient (Wildman–Crippen LogP) is 6.42. The third-order valence-electron chi connectivity index (χ3n) is 5.08. The quantitative estimate of drug-likeness (QED) is 0.338. The van der Waals surface area contributed by atoms with Crippen LogP contribution in [-0.2, 0) is 12.6 Å². The molecule has 0 aliphatic rings. The smallest absolute Gasteiger partial charge is 0.433 e. The van der Waals surface area contributed by atoms with Crippen molar-refractivity contribution in [2.45, 2.75) is 12.6 Å². The molecule has 33 heavy (non-hydrogen) atoms. The molecule has 0 aliphatic carbocycles. The van der Waals surface area contributed by atoms with Crippen LogP contribution in [0.5, 0.6) is 11.6 Å². The zero-order chi connectivity index (χ0) is 22.8. The summed E-state index contributed by atoms with van der Waals surface area (Å²) in [5.74, 6) is 1.59. The molecule has 5 aromatic rings. The Kier molecular flexibility index (Phi) is 5.26. The monoisotopic (exact) mass is 446 g/mol. The first-order chi connectivity index (χ1) is 16.0. The van der Waals surface area contributed by atoms with Crippen LogP contribution in [0.1, 0.15) is 17.1 Å². The lowest BCUT2D eigenvalue weighted by molar-refractivity contribution is -0.141. The van der Waals surface area contributed by atoms with Crippen molar-refractivity contribution >= 4 is 11.0 Å². The Morgan fingerprint density at radius 2 is 1.67 bits per heavy atom. The molecule has 1 N–H and O–H groups in total. The molecular weight excluding hydrogens is 429 g/mol. The van der Waals surface area contributed by atoms with Crippen LogP contribution >= 0.6 is 0 Å². The Balaban J connectivity index is 1.36. The Morgan fingerprint density at radius 3 is 2.45 bits per heavy atom. The molecule has 3 aromatic heterocycles. The van der Waals surface area contributed by atoms with E-state index in [1.165, 1.54) is 12.3 Å². The van der Waals surface area contributed by atoms with Gasteiger partial charge in [0.1, 0.15) is 17.3 Å². The first kappa shape index (κ1) is 20.7. The van der Waals surface area contributed by atoms with E-state index < -0.39 is 11.9 Å². The number of para-hydroxylation sites is 2. The summed E-state index contributed by atoms with van der Waals surface area (Å²) in [5, 5.41) is 0. The van der Waals surface area contributed by atoms with Gasteiger partial charge in [-0.25, -0.2) is 9.97 Å². The van der Waals surface area contributed by atoms with Crippen molar-refractivity contribution in [3.8, 4) is 22.8 Å². The van der Waals surface area contributed by atoms with E-state index in [2.05, 4.69) is 19.9 Å². The maximum atomic E-state index is 13.1. The number of nitrogens with one attached hydrogen (secondary N) is 1. The molecule has 2 aromatic carbocycles. The first-order valence-electron chi connectivity index (χ1n) is 10.1. The lowest BCUT2D eigenvalue weighted by Crippen LogP contribution is -2.07. The van der Waals surface area contributed by atoms with Crippen LogP contribution in [0.15, 0.2) is 85.2 Å². The van der Waals surface area contributed by atoms with Crippen LogP contribution < -0.4 is 4.74 Å². The van der Waals surface area contributed by atoms with E-state index in [-0.39, 0.29) is 5.88 Å². The molecule has 5 rings (SSSR count). The molecule has 0 unspecified atom stereocenters.